The van der Waals surface area contributed by atoms with Crippen molar-refractivity contribution in [3.8, 4) is 0 Å². The van der Waals surface area contributed by atoms with Gasteiger partial charge in [0, 0.05) is 11.3 Å². The van der Waals surface area contributed by atoms with Crippen LogP contribution in [0.1, 0.15) is 12.8 Å². The molecule has 1 aromatic carbocycles. The summed E-state index contributed by atoms with van der Waals surface area (Å²) in [5, 5.41) is 2.62. The van der Waals surface area contributed by atoms with Crippen LogP contribution in [0, 0.1) is 0 Å². The fraction of sp³-hybridized carbons (Fsp3) is 0.333. The number of ether oxygens (including phenoxy) is 1. The summed E-state index contributed by atoms with van der Waals surface area (Å²) in [6, 6.07) is 7.65. The van der Waals surface area contributed by atoms with Crippen molar-refractivity contribution < 1.29 is 14.3 Å². The minimum atomic E-state index is -0.280. The normalized spacial score (nSPS) is 18.2. The Morgan fingerprint density at radius 2 is 2.24 bits per heavy atom. The van der Waals surface area contributed by atoms with Crippen LogP contribution >= 0.6 is 11.8 Å². The highest BCUT2D eigenvalue weighted by atomic mass is 32.2. The molecule has 5 heteroatoms. The lowest BCUT2D eigenvalue weighted by atomic mass is 10.2. The fourth-order valence-electron chi connectivity index (χ4n) is 1.63. The molecule has 0 aromatic heterocycles. The van der Waals surface area contributed by atoms with Crippen molar-refractivity contribution in [1.82, 2.24) is 0 Å². The van der Waals surface area contributed by atoms with E-state index in [9.17, 15) is 9.59 Å². The van der Waals surface area contributed by atoms with Gasteiger partial charge < -0.3 is 10.1 Å². The molecule has 17 heavy (non-hydrogen) atoms. The molecular weight excluding hydrogens is 238 g/mol. The number of thioether (sulfide) groups is 1. The van der Waals surface area contributed by atoms with Gasteiger partial charge in [-0.25, -0.2) is 0 Å². The van der Waals surface area contributed by atoms with Crippen LogP contribution in [-0.2, 0) is 14.3 Å². The zero-order valence-electron chi connectivity index (χ0n) is 9.43. The zero-order chi connectivity index (χ0) is 12.3. The maximum Gasteiger partial charge on any atom is 0.305 e. The summed E-state index contributed by atoms with van der Waals surface area (Å²) in [5.74, 6) is -0.324. The largest absolute Gasteiger partial charge is 0.469 e. The Hall–Kier alpha value is -1.49. The van der Waals surface area contributed by atoms with Crippen molar-refractivity contribution in [3.63, 3.8) is 0 Å². The van der Waals surface area contributed by atoms with Crippen LogP contribution in [0.3, 0.4) is 0 Å². The first-order valence-corrected chi connectivity index (χ1v) is 6.22. The van der Waals surface area contributed by atoms with Crippen molar-refractivity contribution in [1.29, 1.82) is 0 Å². The number of para-hydroxylation sites is 1. The molecule has 90 valence electrons. The van der Waals surface area contributed by atoms with Gasteiger partial charge in [0.15, 0.2) is 0 Å². The van der Waals surface area contributed by atoms with Gasteiger partial charge in [-0.1, -0.05) is 12.1 Å². The highest BCUT2D eigenvalue weighted by molar-refractivity contribution is 8.01. The van der Waals surface area contributed by atoms with Crippen LogP contribution in [0.15, 0.2) is 29.2 Å². The molecule has 0 fully saturated rings. The van der Waals surface area contributed by atoms with Crippen molar-refractivity contribution in [3.05, 3.63) is 24.3 Å². The van der Waals surface area contributed by atoms with E-state index in [4.69, 9.17) is 0 Å². The molecule has 2 rings (SSSR count). The first-order chi connectivity index (χ1) is 8.20. The summed E-state index contributed by atoms with van der Waals surface area (Å²) in [6.45, 7) is 0. The number of esters is 1. The minimum Gasteiger partial charge on any atom is -0.469 e. The third-order valence-electron chi connectivity index (χ3n) is 2.54. The summed E-state index contributed by atoms with van der Waals surface area (Å²) >= 11 is 1.50. The number of nitrogens with one attached hydrogen (secondary N) is 1. The lowest BCUT2D eigenvalue weighted by Gasteiger charge is -2.23. The van der Waals surface area contributed by atoms with E-state index in [0.29, 0.717) is 6.42 Å². The van der Waals surface area contributed by atoms with Crippen LogP contribution in [-0.4, -0.2) is 24.2 Å². The summed E-state index contributed by atoms with van der Waals surface area (Å²) < 4.78 is 4.57. The second-order valence-electron chi connectivity index (χ2n) is 3.71. The first-order valence-electron chi connectivity index (χ1n) is 5.34. The molecule has 0 radical (unpaired) electrons. The second kappa shape index (κ2) is 5.23. The number of rotatable bonds is 3. The maximum atomic E-state index is 11.8. The van der Waals surface area contributed by atoms with E-state index in [1.165, 1.54) is 18.9 Å². The SMILES string of the molecule is COC(=O)CC[C@@H]1Sc2ccccc2NC1=O. The standard InChI is InChI=1S/C12H13NO3S/c1-16-11(14)7-6-10-12(15)13-8-4-2-3-5-9(8)17-10/h2-5,10H,6-7H2,1H3,(H,13,15)/t10-/m0/s1. The van der Waals surface area contributed by atoms with Crippen LogP contribution in [0.4, 0.5) is 5.69 Å². The van der Waals surface area contributed by atoms with Gasteiger partial charge in [0.25, 0.3) is 0 Å². The van der Waals surface area contributed by atoms with Crippen LogP contribution < -0.4 is 5.32 Å². The van der Waals surface area contributed by atoms with Crippen molar-refractivity contribution in [2.75, 3.05) is 12.4 Å². The number of carbonyl (C=O) groups excluding carboxylic acids is 2. The molecule has 0 unspecified atom stereocenters. The van der Waals surface area contributed by atoms with Gasteiger partial charge in [-0.3, -0.25) is 9.59 Å². The molecule has 1 atom stereocenters. The second-order valence-corrected chi connectivity index (χ2v) is 4.95. The zero-order valence-corrected chi connectivity index (χ0v) is 10.3. The molecule has 0 saturated heterocycles. The molecule has 1 aliphatic rings. The first kappa shape index (κ1) is 12.0. The third kappa shape index (κ3) is 2.79. The number of hydrogen-bond acceptors (Lipinski definition) is 4. The lowest BCUT2D eigenvalue weighted by Crippen LogP contribution is -2.29. The number of hydrogen-bond donors (Lipinski definition) is 1. The quantitative estimate of drug-likeness (QED) is 0.835. The van der Waals surface area contributed by atoms with E-state index in [0.717, 1.165) is 10.6 Å². The van der Waals surface area contributed by atoms with E-state index in [2.05, 4.69) is 10.1 Å². The van der Waals surface area contributed by atoms with E-state index >= 15 is 0 Å². The Morgan fingerprint density at radius 1 is 1.47 bits per heavy atom. The molecule has 4 nitrogen and oxygen atoms in total. The average Bonchev–Trinajstić information content (AvgIpc) is 2.35. The molecular formula is C12H13NO3S. The molecule has 1 aromatic rings. The monoisotopic (exact) mass is 251 g/mol. The predicted octanol–water partition coefficient (Wildman–Crippen LogP) is 2.05. The average molecular weight is 251 g/mol. The Kier molecular flexibility index (Phi) is 3.68. The molecule has 1 N–H and O–H groups in total. The highest BCUT2D eigenvalue weighted by Gasteiger charge is 2.26. The summed E-state index contributed by atoms with van der Waals surface area (Å²) in [4.78, 5) is 23.9. The Bertz CT molecular complexity index is 447. The number of carbonyl (C=O) groups is 2. The number of fused-ring (bicyclic) bond motifs is 1. The van der Waals surface area contributed by atoms with Gasteiger partial charge in [-0.2, -0.15) is 0 Å². The summed E-state index contributed by atoms with van der Waals surface area (Å²) in [6.07, 6.45) is 0.765. The smallest absolute Gasteiger partial charge is 0.305 e. The Morgan fingerprint density at radius 3 is 3.00 bits per heavy atom. The number of benzene rings is 1. The van der Waals surface area contributed by atoms with Gasteiger partial charge in [-0.05, 0) is 18.6 Å². The van der Waals surface area contributed by atoms with E-state index in [1.54, 1.807) is 0 Å². The molecule has 0 saturated carbocycles. The van der Waals surface area contributed by atoms with Crippen molar-refractivity contribution in [2.45, 2.75) is 23.0 Å². The van der Waals surface area contributed by atoms with Crippen molar-refractivity contribution in [2.24, 2.45) is 0 Å². The van der Waals surface area contributed by atoms with Gasteiger partial charge in [-0.15, -0.1) is 11.8 Å². The van der Waals surface area contributed by atoms with Gasteiger partial charge in [0.1, 0.15) is 0 Å². The Balaban J connectivity index is 2.02. The molecule has 0 bridgehead atoms. The molecule has 1 heterocycles. The minimum absolute atomic E-state index is 0.0439. The van der Waals surface area contributed by atoms with Gasteiger partial charge in [0.2, 0.25) is 5.91 Å². The number of anilines is 1. The summed E-state index contributed by atoms with van der Waals surface area (Å²) in [5.41, 5.74) is 0.844. The molecule has 0 spiro atoms. The van der Waals surface area contributed by atoms with Crippen LogP contribution in [0.2, 0.25) is 0 Å². The van der Waals surface area contributed by atoms with Crippen LogP contribution in [0.25, 0.3) is 0 Å². The fourth-order valence-corrected chi connectivity index (χ4v) is 2.75. The van der Waals surface area contributed by atoms with E-state index in [1.807, 2.05) is 24.3 Å². The van der Waals surface area contributed by atoms with E-state index in [-0.39, 0.29) is 23.5 Å². The predicted molar refractivity (Wildman–Crippen MR) is 66.0 cm³/mol. The molecule has 1 amide bonds. The van der Waals surface area contributed by atoms with Crippen molar-refractivity contribution >= 4 is 29.3 Å². The van der Waals surface area contributed by atoms with Crippen LogP contribution in [0.5, 0.6) is 0 Å². The topological polar surface area (TPSA) is 55.4 Å². The molecule has 0 aliphatic carbocycles. The summed E-state index contributed by atoms with van der Waals surface area (Å²) in [7, 11) is 1.35. The number of amides is 1. The maximum absolute atomic E-state index is 11.8. The highest BCUT2D eigenvalue weighted by Crippen LogP contribution is 2.36. The third-order valence-corrected chi connectivity index (χ3v) is 3.89. The van der Waals surface area contributed by atoms with E-state index < -0.39 is 0 Å². The van der Waals surface area contributed by atoms with Gasteiger partial charge in [0.05, 0.1) is 18.0 Å². The molecule has 1 aliphatic heterocycles. The Labute approximate surface area is 104 Å². The number of methoxy groups -OCH3 is 1. The lowest BCUT2D eigenvalue weighted by molar-refractivity contribution is -0.140. The van der Waals surface area contributed by atoms with Gasteiger partial charge >= 0.3 is 5.97 Å².